The van der Waals surface area contributed by atoms with Crippen LogP contribution in [0.2, 0.25) is 0 Å². The summed E-state index contributed by atoms with van der Waals surface area (Å²) in [6.07, 6.45) is 3.18. The first-order valence-corrected chi connectivity index (χ1v) is 8.37. The highest BCUT2D eigenvalue weighted by molar-refractivity contribution is 7.89. The van der Waals surface area contributed by atoms with Gasteiger partial charge in [0.05, 0.1) is 7.11 Å². The molecule has 2 heterocycles. The van der Waals surface area contributed by atoms with E-state index in [9.17, 15) is 13.2 Å². The van der Waals surface area contributed by atoms with Crippen molar-refractivity contribution < 1.29 is 17.9 Å². The van der Waals surface area contributed by atoms with Gasteiger partial charge < -0.3 is 4.74 Å². The number of esters is 1. The number of methoxy groups -OCH3 is 1. The SMILES string of the molecule is COC(=O)c1scc(C)c1S(=O)(=O)NCc1cccnc1. The standard InChI is InChI=1S/C13H14N2O4S2/c1-9-8-20-11(13(16)19-2)12(9)21(17,18)15-7-10-4-3-5-14-6-10/h3-6,8,15H,7H2,1-2H3. The van der Waals surface area contributed by atoms with E-state index in [4.69, 9.17) is 0 Å². The first-order chi connectivity index (χ1) is 9.95. The van der Waals surface area contributed by atoms with Gasteiger partial charge in [0, 0.05) is 18.9 Å². The van der Waals surface area contributed by atoms with Crippen LogP contribution in [0.25, 0.3) is 0 Å². The summed E-state index contributed by atoms with van der Waals surface area (Å²) in [4.78, 5) is 15.6. The zero-order chi connectivity index (χ0) is 15.5. The lowest BCUT2D eigenvalue weighted by atomic mass is 10.3. The van der Waals surface area contributed by atoms with Crippen LogP contribution in [-0.2, 0) is 21.3 Å². The Kier molecular flexibility index (Phi) is 4.71. The van der Waals surface area contributed by atoms with Crippen molar-refractivity contribution in [1.82, 2.24) is 9.71 Å². The molecule has 112 valence electrons. The van der Waals surface area contributed by atoms with E-state index in [1.807, 2.05) is 0 Å². The molecule has 2 rings (SSSR count). The first kappa shape index (κ1) is 15.6. The van der Waals surface area contributed by atoms with Gasteiger partial charge in [-0.1, -0.05) is 6.07 Å². The van der Waals surface area contributed by atoms with Crippen LogP contribution in [-0.4, -0.2) is 26.5 Å². The third kappa shape index (κ3) is 3.46. The summed E-state index contributed by atoms with van der Waals surface area (Å²) in [5.74, 6) is -0.658. The van der Waals surface area contributed by atoms with Crippen LogP contribution in [0.1, 0.15) is 20.8 Å². The zero-order valence-electron chi connectivity index (χ0n) is 11.5. The van der Waals surface area contributed by atoms with E-state index < -0.39 is 16.0 Å². The molecule has 0 unspecified atom stereocenters. The van der Waals surface area contributed by atoms with Gasteiger partial charge in [-0.15, -0.1) is 11.3 Å². The summed E-state index contributed by atoms with van der Waals surface area (Å²) in [5.41, 5.74) is 1.24. The highest BCUT2D eigenvalue weighted by atomic mass is 32.2. The van der Waals surface area contributed by atoms with Crippen LogP contribution in [0.3, 0.4) is 0 Å². The molecule has 2 aromatic rings. The predicted octanol–water partition coefficient (Wildman–Crippen LogP) is 1.72. The summed E-state index contributed by atoms with van der Waals surface area (Å²) in [7, 11) is -2.58. The first-order valence-electron chi connectivity index (χ1n) is 6.00. The highest BCUT2D eigenvalue weighted by Gasteiger charge is 2.27. The summed E-state index contributed by atoms with van der Waals surface area (Å²) < 4.78 is 31.9. The number of rotatable bonds is 5. The van der Waals surface area contributed by atoms with Gasteiger partial charge in [0.25, 0.3) is 0 Å². The number of aromatic nitrogens is 1. The molecular weight excluding hydrogens is 312 g/mol. The van der Waals surface area contributed by atoms with Crippen LogP contribution in [0.15, 0.2) is 34.8 Å². The zero-order valence-corrected chi connectivity index (χ0v) is 13.1. The maximum absolute atomic E-state index is 12.4. The lowest BCUT2D eigenvalue weighted by molar-refractivity contribution is 0.0602. The molecule has 6 nitrogen and oxygen atoms in total. The van der Waals surface area contributed by atoms with Crippen LogP contribution in [0.4, 0.5) is 0 Å². The Balaban J connectivity index is 2.28. The van der Waals surface area contributed by atoms with Gasteiger partial charge in [0.2, 0.25) is 10.0 Å². The molecule has 2 aromatic heterocycles. The van der Waals surface area contributed by atoms with Crippen molar-refractivity contribution in [3.63, 3.8) is 0 Å². The van der Waals surface area contributed by atoms with E-state index in [0.29, 0.717) is 5.56 Å². The van der Waals surface area contributed by atoms with Gasteiger partial charge in [0.1, 0.15) is 9.77 Å². The van der Waals surface area contributed by atoms with E-state index in [-0.39, 0.29) is 16.3 Å². The van der Waals surface area contributed by atoms with E-state index in [0.717, 1.165) is 16.9 Å². The van der Waals surface area contributed by atoms with Crippen LogP contribution >= 0.6 is 11.3 Å². The van der Waals surface area contributed by atoms with Crippen molar-refractivity contribution in [1.29, 1.82) is 0 Å². The summed E-state index contributed by atoms with van der Waals surface area (Å²) in [6, 6.07) is 3.48. The third-order valence-corrected chi connectivity index (χ3v) is 5.54. The Morgan fingerprint density at radius 2 is 2.24 bits per heavy atom. The quantitative estimate of drug-likeness (QED) is 0.846. The number of hydrogen-bond donors (Lipinski definition) is 1. The smallest absolute Gasteiger partial charge is 0.349 e. The molecule has 21 heavy (non-hydrogen) atoms. The average molecular weight is 326 g/mol. The van der Waals surface area contributed by atoms with Crippen molar-refractivity contribution in [3.05, 3.63) is 45.9 Å². The fourth-order valence-corrected chi connectivity index (χ4v) is 4.47. The molecular formula is C13H14N2O4S2. The minimum absolute atomic E-state index is 0.0248. The molecule has 1 N–H and O–H groups in total. The minimum Gasteiger partial charge on any atom is -0.465 e. The van der Waals surface area contributed by atoms with Crippen LogP contribution < -0.4 is 4.72 Å². The minimum atomic E-state index is -3.80. The van der Waals surface area contributed by atoms with E-state index in [1.165, 1.54) is 7.11 Å². The summed E-state index contributed by atoms with van der Waals surface area (Å²) >= 11 is 1.05. The van der Waals surface area contributed by atoms with Gasteiger partial charge in [-0.2, -0.15) is 0 Å². The Hall–Kier alpha value is -1.77. The lowest BCUT2D eigenvalue weighted by Gasteiger charge is -2.08. The van der Waals surface area contributed by atoms with Gasteiger partial charge in [-0.05, 0) is 29.5 Å². The number of thiophene rings is 1. The molecule has 0 fully saturated rings. The molecule has 8 heteroatoms. The summed E-state index contributed by atoms with van der Waals surface area (Å²) in [6.45, 7) is 1.74. The fourth-order valence-electron chi connectivity index (χ4n) is 1.75. The van der Waals surface area contributed by atoms with Crippen molar-refractivity contribution >= 4 is 27.3 Å². The Bertz CT molecular complexity index is 739. The number of sulfonamides is 1. The maximum atomic E-state index is 12.4. The molecule has 0 aromatic carbocycles. The number of pyridine rings is 1. The monoisotopic (exact) mass is 326 g/mol. The molecule has 0 aliphatic carbocycles. The van der Waals surface area contributed by atoms with Gasteiger partial charge in [-0.25, -0.2) is 17.9 Å². The normalized spacial score (nSPS) is 11.3. The molecule has 0 spiro atoms. The van der Waals surface area contributed by atoms with E-state index in [2.05, 4.69) is 14.4 Å². The van der Waals surface area contributed by atoms with E-state index >= 15 is 0 Å². The van der Waals surface area contributed by atoms with Gasteiger partial charge in [0.15, 0.2) is 0 Å². The molecule has 0 atom stereocenters. The molecule has 0 bridgehead atoms. The summed E-state index contributed by atoms with van der Waals surface area (Å²) in [5, 5.41) is 1.62. The maximum Gasteiger partial charge on any atom is 0.349 e. The van der Waals surface area contributed by atoms with E-state index in [1.54, 1.807) is 36.8 Å². The van der Waals surface area contributed by atoms with Crippen molar-refractivity contribution in [2.24, 2.45) is 0 Å². The Morgan fingerprint density at radius 3 is 2.86 bits per heavy atom. The largest absolute Gasteiger partial charge is 0.465 e. The number of nitrogens with zero attached hydrogens (tertiary/aromatic N) is 1. The molecule has 0 amide bonds. The fraction of sp³-hybridized carbons (Fsp3) is 0.231. The van der Waals surface area contributed by atoms with Gasteiger partial charge >= 0.3 is 5.97 Å². The Labute approximate surface area is 126 Å². The van der Waals surface area contributed by atoms with Crippen molar-refractivity contribution in [2.45, 2.75) is 18.4 Å². The lowest BCUT2D eigenvalue weighted by Crippen LogP contribution is -2.25. The van der Waals surface area contributed by atoms with Crippen molar-refractivity contribution in [3.8, 4) is 0 Å². The number of carbonyl (C=O) groups is 1. The van der Waals surface area contributed by atoms with Crippen LogP contribution in [0, 0.1) is 6.92 Å². The number of aryl methyl sites for hydroxylation is 1. The topological polar surface area (TPSA) is 85.4 Å². The average Bonchev–Trinajstić information content (AvgIpc) is 2.88. The van der Waals surface area contributed by atoms with Crippen LogP contribution in [0.5, 0.6) is 0 Å². The molecule has 0 saturated carbocycles. The Morgan fingerprint density at radius 1 is 1.48 bits per heavy atom. The molecule has 0 saturated heterocycles. The molecule has 0 aliphatic rings. The molecule has 0 aliphatic heterocycles. The number of ether oxygens (including phenoxy) is 1. The van der Waals surface area contributed by atoms with Gasteiger partial charge in [-0.3, -0.25) is 4.98 Å². The third-order valence-electron chi connectivity index (χ3n) is 2.75. The molecule has 0 radical (unpaired) electrons. The number of carbonyl (C=O) groups excluding carboxylic acids is 1. The number of hydrogen-bond acceptors (Lipinski definition) is 6. The highest BCUT2D eigenvalue weighted by Crippen LogP contribution is 2.27. The second-order valence-corrected chi connectivity index (χ2v) is 6.84. The predicted molar refractivity (Wildman–Crippen MR) is 78.7 cm³/mol. The second-order valence-electron chi connectivity index (χ2n) is 4.25. The number of nitrogens with one attached hydrogen (secondary N) is 1. The van der Waals surface area contributed by atoms with Crippen molar-refractivity contribution in [2.75, 3.05) is 7.11 Å². The second kappa shape index (κ2) is 6.33.